The van der Waals surface area contributed by atoms with Gasteiger partial charge in [0, 0.05) is 10.5 Å². The van der Waals surface area contributed by atoms with Crippen LogP contribution in [0, 0.1) is 17.1 Å². The molecule has 1 unspecified atom stereocenters. The third kappa shape index (κ3) is 3.52. The van der Waals surface area contributed by atoms with Crippen LogP contribution in [0.15, 0.2) is 47.4 Å². The zero-order chi connectivity index (χ0) is 15.4. The molecule has 2 aromatic carbocycles. The maximum Gasteiger partial charge on any atom is 0.335 e. The van der Waals surface area contributed by atoms with E-state index < -0.39 is 22.6 Å². The molecule has 0 fully saturated rings. The lowest BCUT2D eigenvalue weighted by molar-refractivity contribution is 0.0697. The smallest absolute Gasteiger partial charge is 0.335 e. The molecule has 1 N–H and O–H groups in total. The van der Waals surface area contributed by atoms with E-state index in [1.165, 1.54) is 36.4 Å². The first-order chi connectivity index (χ1) is 10.0. The number of benzene rings is 2. The zero-order valence-electron chi connectivity index (χ0n) is 10.7. The van der Waals surface area contributed by atoms with Crippen molar-refractivity contribution in [3.8, 4) is 6.07 Å². The largest absolute Gasteiger partial charge is 0.478 e. The molecule has 106 valence electrons. The van der Waals surface area contributed by atoms with Gasteiger partial charge in [0.2, 0.25) is 0 Å². The first-order valence-corrected chi connectivity index (χ1v) is 7.23. The number of rotatable bonds is 4. The molecule has 0 aliphatic carbocycles. The SMILES string of the molecule is N#Cc1ccc(CS(=O)c2ccc(C(=O)O)cc2)c(F)c1. The first-order valence-electron chi connectivity index (χ1n) is 5.91. The molecule has 0 bridgehead atoms. The summed E-state index contributed by atoms with van der Waals surface area (Å²) < 4.78 is 25.9. The molecule has 0 heterocycles. The number of carboxylic acids is 1. The van der Waals surface area contributed by atoms with Gasteiger partial charge in [-0.05, 0) is 36.4 Å². The van der Waals surface area contributed by atoms with Gasteiger partial charge in [0.25, 0.3) is 0 Å². The predicted molar refractivity (Wildman–Crippen MR) is 74.6 cm³/mol. The lowest BCUT2D eigenvalue weighted by atomic mass is 10.1. The van der Waals surface area contributed by atoms with Gasteiger partial charge in [-0.1, -0.05) is 6.07 Å². The summed E-state index contributed by atoms with van der Waals surface area (Å²) in [6.45, 7) is 0. The second kappa shape index (κ2) is 6.29. The maximum atomic E-state index is 13.7. The molecule has 0 saturated heterocycles. The molecule has 0 amide bonds. The molecule has 6 heteroatoms. The standard InChI is InChI=1S/C15H10FNO3S/c16-14-7-10(8-17)1-2-12(14)9-21(20)13-5-3-11(4-6-13)15(18)19/h1-7H,9H2,(H,18,19). The number of nitrogens with zero attached hydrogens (tertiary/aromatic N) is 1. The van der Waals surface area contributed by atoms with Crippen LogP contribution in [0.5, 0.6) is 0 Å². The van der Waals surface area contributed by atoms with Crippen molar-refractivity contribution < 1.29 is 18.5 Å². The van der Waals surface area contributed by atoms with E-state index in [1.807, 2.05) is 6.07 Å². The van der Waals surface area contributed by atoms with Crippen LogP contribution in [0.1, 0.15) is 21.5 Å². The summed E-state index contributed by atoms with van der Waals surface area (Å²) in [6, 6.07) is 11.4. The van der Waals surface area contributed by atoms with Gasteiger partial charge in [0.1, 0.15) is 5.82 Å². The van der Waals surface area contributed by atoms with E-state index >= 15 is 0 Å². The Kier molecular flexibility index (Phi) is 4.45. The minimum atomic E-state index is -1.49. The van der Waals surface area contributed by atoms with Crippen LogP contribution in [-0.2, 0) is 16.6 Å². The van der Waals surface area contributed by atoms with E-state index in [4.69, 9.17) is 10.4 Å². The van der Waals surface area contributed by atoms with Gasteiger partial charge < -0.3 is 5.11 Å². The van der Waals surface area contributed by atoms with Gasteiger partial charge in [0.15, 0.2) is 0 Å². The minimum Gasteiger partial charge on any atom is -0.478 e. The van der Waals surface area contributed by atoms with Crippen LogP contribution in [0.25, 0.3) is 0 Å². The van der Waals surface area contributed by atoms with Crippen molar-refractivity contribution in [1.29, 1.82) is 5.26 Å². The van der Waals surface area contributed by atoms with Crippen molar-refractivity contribution in [2.24, 2.45) is 0 Å². The fraction of sp³-hybridized carbons (Fsp3) is 0.0667. The van der Waals surface area contributed by atoms with Crippen LogP contribution < -0.4 is 0 Å². The summed E-state index contributed by atoms with van der Waals surface area (Å²) in [4.78, 5) is 11.1. The number of aromatic carboxylic acids is 1. The summed E-state index contributed by atoms with van der Waals surface area (Å²) in [6.07, 6.45) is 0. The van der Waals surface area contributed by atoms with E-state index in [-0.39, 0.29) is 22.4 Å². The minimum absolute atomic E-state index is 0.0377. The van der Waals surface area contributed by atoms with E-state index in [1.54, 1.807) is 0 Å². The highest BCUT2D eigenvalue weighted by molar-refractivity contribution is 7.84. The summed E-state index contributed by atoms with van der Waals surface area (Å²) >= 11 is 0. The number of halogens is 1. The molecule has 2 rings (SSSR count). The zero-order valence-corrected chi connectivity index (χ0v) is 11.6. The highest BCUT2D eigenvalue weighted by Crippen LogP contribution is 2.17. The average molecular weight is 303 g/mol. The predicted octanol–water partition coefficient (Wildman–Crippen LogP) is 2.70. The van der Waals surface area contributed by atoms with Gasteiger partial charge in [-0.2, -0.15) is 5.26 Å². The molecule has 1 atom stereocenters. The Morgan fingerprint density at radius 2 is 1.90 bits per heavy atom. The van der Waals surface area contributed by atoms with E-state index in [9.17, 15) is 13.4 Å². The molecule has 4 nitrogen and oxygen atoms in total. The second-order valence-corrected chi connectivity index (χ2v) is 5.69. The average Bonchev–Trinajstić information content (AvgIpc) is 2.49. The Labute approximate surface area is 122 Å². The quantitative estimate of drug-likeness (QED) is 0.942. The summed E-state index contributed by atoms with van der Waals surface area (Å²) in [5.41, 5.74) is 0.544. The van der Waals surface area contributed by atoms with E-state index in [2.05, 4.69) is 0 Å². The number of carboxylic acid groups (broad SMARTS) is 1. The van der Waals surface area contributed by atoms with Crippen LogP contribution in [0.2, 0.25) is 0 Å². The van der Waals surface area contributed by atoms with Crippen LogP contribution in [0.3, 0.4) is 0 Å². The first kappa shape index (κ1) is 14.9. The van der Waals surface area contributed by atoms with Crippen molar-refractivity contribution in [2.75, 3.05) is 0 Å². The fourth-order valence-corrected chi connectivity index (χ4v) is 2.83. The molecular weight excluding hydrogens is 293 g/mol. The van der Waals surface area contributed by atoms with Crippen molar-refractivity contribution in [3.05, 3.63) is 65.0 Å². The molecule has 0 aromatic heterocycles. The highest BCUT2D eigenvalue weighted by Gasteiger charge is 2.11. The van der Waals surface area contributed by atoms with Crippen molar-refractivity contribution in [2.45, 2.75) is 10.6 Å². The van der Waals surface area contributed by atoms with E-state index in [0.29, 0.717) is 4.90 Å². The maximum absolute atomic E-state index is 13.7. The Hall–Kier alpha value is -2.52. The van der Waals surface area contributed by atoms with Crippen LogP contribution in [-0.4, -0.2) is 15.3 Å². The van der Waals surface area contributed by atoms with Crippen LogP contribution >= 0.6 is 0 Å². The molecule has 0 saturated carbocycles. The molecule has 0 spiro atoms. The van der Waals surface area contributed by atoms with Crippen molar-refractivity contribution in [1.82, 2.24) is 0 Å². The van der Waals surface area contributed by atoms with Crippen molar-refractivity contribution in [3.63, 3.8) is 0 Å². The summed E-state index contributed by atoms with van der Waals surface area (Å²) in [5.74, 6) is -1.68. The van der Waals surface area contributed by atoms with Gasteiger partial charge in [0.05, 0.1) is 33.7 Å². The monoisotopic (exact) mass is 303 g/mol. The second-order valence-electron chi connectivity index (χ2n) is 4.24. The Balaban J connectivity index is 2.18. The normalized spacial score (nSPS) is 11.6. The van der Waals surface area contributed by atoms with Gasteiger partial charge in [-0.25, -0.2) is 9.18 Å². The number of hydrogen-bond donors (Lipinski definition) is 1. The Bertz CT molecular complexity index is 751. The molecule has 0 radical (unpaired) electrons. The molecule has 21 heavy (non-hydrogen) atoms. The fourth-order valence-electron chi connectivity index (χ4n) is 1.71. The number of hydrogen-bond acceptors (Lipinski definition) is 3. The molecule has 0 aliphatic heterocycles. The van der Waals surface area contributed by atoms with Gasteiger partial charge in [-0.3, -0.25) is 4.21 Å². The topological polar surface area (TPSA) is 78.2 Å². The molecule has 2 aromatic rings. The summed E-state index contributed by atoms with van der Waals surface area (Å²) in [7, 11) is -1.49. The number of nitriles is 1. The van der Waals surface area contributed by atoms with Gasteiger partial charge in [-0.15, -0.1) is 0 Å². The van der Waals surface area contributed by atoms with E-state index in [0.717, 1.165) is 6.07 Å². The summed E-state index contributed by atoms with van der Waals surface area (Å²) in [5, 5.41) is 17.4. The Morgan fingerprint density at radius 3 is 2.43 bits per heavy atom. The third-order valence-corrected chi connectivity index (χ3v) is 4.20. The highest BCUT2D eigenvalue weighted by atomic mass is 32.2. The lowest BCUT2D eigenvalue weighted by Crippen LogP contribution is -2.01. The van der Waals surface area contributed by atoms with Gasteiger partial charge >= 0.3 is 5.97 Å². The third-order valence-electron chi connectivity index (χ3n) is 2.83. The number of carbonyl (C=O) groups is 1. The Morgan fingerprint density at radius 1 is 1.24 bits per heavy atom. The molecular formula is C15H10FNO3S. The lowest BCUT2D eigenvalue weighted by Gasteiger charge is -2.05. The van der Waals surface area contributed by atoms with Crippen LogP contribution in [0.4, 0.5) is 4.39 Å². The molecule has 0 aliphatic rings. The van der Waals surface area contributed by atoms with Crippen molar-refractivity contribution >= 4 is 16.8 Å².